The van der Waals surface area contributed by atoms with E-state index >= 15 is 0 Å². The molecule has 1 aliphatic heterocycles. The molecule has 1 heterocycles. The van der Waals surface area contributed by atoms with Gasteiger partial charge in [-0.05, 0) is 32.5 Å². The van der Waals surface area contributed by atoms with Gasteiger partial charge in [0.15, 0.2) is 0 Å². The maximum absolute atomic E-state index is 5.86. The minimum atomic E-state index is 0.332. The second-order valence-electron chi connectivity index (χ2n) is 4.74. The van der Waals surface area contributed by atoms with E-state index in [1.54, 1.807) is 0 Å². The van der Waals surface area contributed by atoms with Gasteiger partial charge < -0.3 is 19.5 Å². The van der Waals surface area contributed by atoms with E-state index in [9.17, 15) is 0 Å². The monoisotopic (exact) mass is 265 g/mol. The highest BCUT2D eigenvalue weighted by Gasteiger charge is 2.25. The summed E-state index contributed by atoms with van der Waals surface area (Å²) in [5.74, 6) is 2.25. The van der Waals surface area contributed by atoms with Crippen molar-refractivity contribution in [2.75, 3.05) is 33.5 Å². The number of hydrogen-bond acceptors (Lipinski definition) is 4. The van der Waals surface area contributed by atoms with Crippen LogP contribution in [0.2, 0.25) is 0 Å². The quantitative estimate of drug-likeness (QED) is 0.819. The molecule has 2 unspecified atom stereocenters. The first kappa shape index (κ1) is 14.2. The molecule has 106 valence electrons. The van der Waals surface area contributed by atoms with Crippen LogP contribution in [0.25, 0.3) is 0 Å². The summed E-state index contributed by atoms with van der Waals surface area (Å²) in [4.78, 5) is 0. The summed E-state index contributed by atoms with van der Waals surface area (Å²) < 4.78 is 16.8. The van der Waals surface area contributed by atoms with Crippen molar-refractivity contribution in [1.82, 2.24) is 5.32 Å². The fraction of sp³-hybridized carbons (Fsp3) is 0.600. The Morgan fingerprint density at radius 2 is 2.16 bits per heavy atom. The molecule has 0 amide bonds. The fourth-order valence-electron chi connectivity index (χ4n) is 2.33. The summed E-state index contributed by atoms with van der Waals surface area (Å²) in [6.45, 7) is 4.99. The van der Waals surface area contributed by atoms with E-state index < -0.39 is 0 Å². The molecule has 0 spiro atoms. The molecule has 0 radical (unpaired) electrons. The molecule has 2 rings (SSSR count). The van der Waals surface area contributed by atoms with Crippen molar-refractivity contribution in [3.8, 4) is 11.5 Å². The Bertz CT molecular complexity index is 377. The Labute approximate surface area is 115 Å². The molecule has 1 aliphatic rings. The number of likely N-dealkylation sites (N-methyl/N-ethyl adjacent to an activating group) is 1. The van der Waals surface area contributed by atoms with E-state index in [2.05, 4.69) is 5.32 Å². The van der Waals surface area contributed by atoms with E-state index in [1.807, 2.05) is 38.2 Å². The molecule has 1 saturated heterocycles. The average molecular weight is 265 g/mol. The summed E-state index contributed by atoms with van der Waals surface area (Å²) >= 11 is 0. The minimum absolute atomic E-state index is 0.332. The summed E-state index contributed by atoms with van der Waals surface area (Å²) in [5, 5.41) is 3.32. The molecule has 0 saturated carbocycles. The summed E-state index contributed by atoms with van der Waals surface area (Å²) in [6, 6.07) is 8.12. The molecule has 0 bridgehead atoms. The second-order valence-corrected chi connectivity index (χ2v) is 4.74. The molecule has 1 aromatic rings. The molecule has 1 aromatic carbocycles. The zero-order valence-electron chi connectivity index (χ0n) is 11.7. The minimum Gasteiger partial charge on any atom is -0.494 e. The van der Waals surface area contributed by atoms with Gasteiger partial charge in [-0.1, -0.05) is 6.07 Å². The lowest BCUT2D eigenvalue weighted by molar-refractivity contribution is 0.162. The fourth-order valence-corrected chi connectivity index (χ4v) is 2.33. The van der Waals surface area contributed by atoms with Gasteiger partial charge in [0.25, 0.3) is 0 Å². The van der Waals surface area contributed by atoms with Crippen LogP contribution in [-0.4, -0.2) is 39.5 Å². The first-order valence-electron chi connectivity index (χ1n) is 6.94. The van der Waals surface area contributed by atoms with Crippen LogP contribution in [-0.2, 0) is 4.74 Å². The Balaban J connectivity index is 1.87. The normalized spacial score (nSPS) is 20.2. The van der Waals surface area contributed by atoms with Crippen LogP contribution in [0, 0.1) is 5.92 Å². The van der Waals surface area contributed by atoms with Gasteiger partial charge in [-0.3, -0.25) is 0 Å². The van der Waals surface area contributed by atoms with Gasteiger partial charge in [-0.15, -0.1) is 0 Å². The van der Waals surface area contributed by atoms with Gasteiger partial charge in [0, 0.05) is 24.6 Å². The molecular formula is C15H23NO3. The third kappa shape index (κ3) is 4.11. The highest BCUT2D eigenvalue weighted by atomic mass is 16.5. The standard InChI is InChI=1S/C15H23NO3/c1-3-18-13-5-4-6-14(9-13)19-11-15(16-2)12-7-8-17-10-12/h4-6,9,12,15-16H,3,7-8,10-11H2,1-2H3. The number of ether oxygens (including phenoxy) is 3. The maximum atomic E-state index is 5.86. The van der Waals surface area contributed by atoms with Crippen LogP contribution in [0.4, 0.5) is 0 Å². The smallest absolute Gasteiger partial charge is 0.123 e. The van der Waals surface area contributed by atoms with Crippen molar-refractivity contribution in [3.63, 3.8) is 0 Å². The number of rotatable bonds is 7. The van der Waals surface area contributed by atoms with Crippen LogP contribution in [0.5, 0.6) is 11.5 Å². The predicted molar refractivity (Wildman–Crippen MR) is 74.9 cm³/mol. The van der Waals surface area contributed by atoms with E-state index in [0.717, 1.165) is 31.1 Å². The molecule has 0 aliphatic carbocycles. The highest BCUT2D eigenvalue weighted by Crippen LogP contribution is 2.21. The molecule has 19 heavy (non-hydrogen) atoms. The van der Waals surface area contributed by atoms with Crippen LogP contribution < -0.4 is 14.8 Å². The third-order valence-electron chi connectivity index (χ3n) is 3.45. The molecule has 0 aromatic heterocycles. The first-order valence-corrected chi connectivity index (χ1v) is 6.94. The molecule has 2 atom stereocenters. The Morgan fingerprint density at radius 1 is 1.37 bits per heavy atom. The molecule has 1 N–H and O–H groups in total. The van der Waals surface area contributed by atoms with Crippen molar-refractivity contribution in [2.24, 2.45) is 5.92 Å². The van der Waals surface area contributed by atoms with E-state index in [4.69, 9.17) is 14.2 Å². The van der Waals surface area contributed by atoms with Crippen molar-refractivity contribution in [3.05, 3.63) is 24.3 Å². The average Bonchev–Trinajstić information content (AvgIpc) is 2.94. The van der Waals surface area contributed by atoms with Gasteiger partial charge in [-0.25, -0.2) is 0 Å². The Kier molecular flexibility index (Phi) is 5.48. The van der Waals surface area contributed by atoms with E-state index in [1.165, 1.54) is 0 Å². The summed E-state index contributed by atoms with van der Waals surface area (Å²) in [7, 11) is 1.98. The lowest BCUT2D eigenvalue weighted by Crippen LogP contribution is -2.39. The zero-order valence-corrected chi connectivity index (χ0v) is 11.7. The molecule has 1 fully saturated rings. The largest absolute Gasteiger partial charge is 0.494 e. The Hall–Kier alpha value is -1.26. The van der Waals surface area contributed by atoms with Crippen molar-refractivity contribution >= 4 is 0 Å². The van der Waals surface area contributed by atoms with Crippen molar-refractivity contribution in [2.45, 2.75) is 19.4 Å². The lowest BCUT2D eigenvalue weighted by atomic mass is 10.00. The second kappa shape index (κ2) is 7.36. The van der Waals surface area contributed by atoms with Gasteiger partial charge in [0.1, 0.15) is 18.1 Å². The summed E-state index contributed by atoms with van der Waals surface area (Å²) in [6.07, 6.45) is 1.11. The molecule has 4 heteroatoms. The Morgan fingerprint density at radius 3 is 2.79 bits per heavy atom. The van der Waals surface area contributed by atoms with E-state index in [-0.39, 0.29) is 0 Å². The van der Waals surface area contributed by atoms with Crippen LogP contribution >= 0.6 is 0 Å². The summed E-state index contributed by atoms with van der Waals surface area (Å²) in [5.41, 5.74) is 0. The van der Waals surface area contributed by atoms with Crippen molar-refractivity contribution in [1.29, 1.82) is 0 Å². The number of nitrogens with one attached hydrogen (secondary N) is 1. The number of hydrogen-bond donors (Lipinski definition) is 1. The van der Waals surface area contributed by atoms with Crippen LogP contribution in [0.1, 0.15) is 13.3 Å². The maximum Gasteiger partial charge on any atom is 0.123 e. The van der Waals surface area contributed by atoms with Gasteiger partial charge in [-0.2, -0.15) is 0 Å². The SMILES string of the molecule is CCOc1cccc(OCC(NC)C2CCOC2)c1. The van der Waals surface area contributed by atoms with Gasteiger partial charge in [0.05, 0.1) is 13.2 Å². The van der Waals surface area contributed by atoms with Gasteiger partial charge >= 0.3 is 0 Å². The lowest BCUT2D eigenvalue weighted by Gasteiger charge is -2.22. The molecular weight excluding hydrogens is 242 g/mol. The zero-order chi connectivity index (χ0) is 13.5. The van der Waals surface area contributed by atoms with Gasteiger partial charge in [0.2, 0.25) is 0 Å². The highest BCUT2D eigenvalue weighted by molar-refractivity contribution is 5.32. The van der Waals surface area contributed by atoms with E-state index in [0.29, 0.717) is 25.2 Å². The van der Waals surface area contributed by atoms with Crippen LogP contribution in [0.3, 0.4) is 0 Å². The van der Waals surface area contributed by atoms with Crippen LogP contribution in [0.15, 0.2) is 24.3 Å². The first-order chi connectivity index (χ1) is 9.33. The van der Waals surface area contributed by atoms with Crippen molar-refractivity contribution < 1.29 is 14.2 Å². The number of benzene rings is 1. The molecule has 4 nitrogen and oxygen atoms in total. The predicted octanol–water partition coefficient (Wildman–Crippen LogP) is 2.09. The topological polar surface area (TPSA) is 39.7 Å². The third-order valence-corrected chi connectivity index (χ3v) is 3.45.